The molecule has 33 heavy (non-hydrogen) atoms. The number of amides is 2. The van der Waals surface area contributed by atoms with E-state index in [2.05, 4.69) is 10.6 Å². The van der Waals surface area contributed by atoms with Gasteiger partial charge in [0.15, 0.2) is 0 Å². The highest BCUT2D eigenvalue weighted by Gasteiger charge is 2.25. The molecule has 0 aliphatic rings. The fraction of sp³-hybridized carbons (Fsp3) is 0.250. The largest absolute Gasteiger partial charge is 0.481 e. The van der Waals surface area contributed by atoms with Crippen LogP contribution in [0.5, 0.6) is 0 Å². The number of benzene rings is 2. The first-order valence-corrected chi connectivity index (χ1v) is 10.5. The molecule has 0 saturated heterocycles. The number of carbonyl (C=O) groups excluding carboxylic acids is 2. The molecule has 0 bridgehead atoms. The summed E-state index contributed by atoms with van der Waals surface area (Å²) in [6, 6.07) is 16.8. The van der Waals surface area contributed by atoms with E-state index in [0.29, 0.717) is 11.4 Å². The van der Waals surface area contributed by atoms with Gasteiger partial charge in [0.2, 0.25) is 11.8 Å². The summed E-state index contributed by atoms with van der Waals surface area (Å²) in [7, 11) is 1.70. The van der Waals surface area contributed by atoms with Gasteiger partial charge in [-0.1, -0.05) is 48.5 Å². The second-order valence-electron chi connectivity index (χ2n) is 7.64. The van der Waals surface area contributed by atoms with E-state index in [1.807, 2.05) is 12.1 Å². The van der Waals surface area contributed by atoms with Crippen molar-refractivity contribution in [1.29, 1.82) is 0 Å². The number of hydrogen-bond acceptors (Lipinski definition) is 4. The van der Waals surface area contributed by atoms with Crippen molar-refractivity contribution in [2.45, 2.75) is 32.2 Å². The second kappa shape index (κ2) is 10.4. The Hall–Kier alpha value is -4.14. The normalized spacial score (nSPS) is 11.6. The molecule has 2 amide bonds. The van der Waals surface area contributed by atoms with Crippen LogP contribution in [0.25, 0.3) is 5.69 Å². The zero-order valence-electron chi connectivity index (χ0n) is 18.4. The van der Waals surface area contributed by atoms with Crippen LogP contribution >= 0.6 is 0 Å². The average molecular weight is 450 g/mol. The molecular formula is C24H26N4O5. The lowest BCUT2D eigenvalue weighted by Crippen LogP contribution is -2.45. The molecule has 3 N–H and O–H groups in total. The third kappa shape index (κ3) is 5.76. The van der Waals surface area contributed by atoms with E-state index in [9.17, 15) is 19.2 Å². The smallest absolute Gasteiger partial charge is 0.303 e. The van der Waals surface area contributed by atoms with Gasteiger partial charge in [-0.05, 0) is 31.0 Å². The molecule has 0 radical (unpaired) electrons. The van der Waals surface area contributed by atoms with E-state index in [0.717, 1.165) is 5.56 Å². The number of aromatic nitrogens is 2. The maximum atomic E-state index is 13.0. The number of anilines is 1. The fourth-order valence-electron chi connectivity index (χ4n) is 3.49. The van der Waals surface area contributed by atoms with E-state index in [1.54, 1.807) is 67.2 Å². The van der Waals surface area contributed by atoms with Crippen molar-refractivity contribution in [3.05, 3.63) is 82.3 Å². The molecule has 9 nitrogen and oxygen atoms in total. The predicted octanol–water partition coefficient (Wildman–Crippen LogP) is 2.02. The number of nitrogens with one attached hydrogen (secondary N) is 2. The molecule has 0 aliphatic carbocycles. The number of nitrogens with zero attached hydrogens (tertiary/aromatic N) is 2. The minimum Gasteiger partial charge on any atom is -0.481 e. The van der Waals surface area contributed by atoms with Crippen LogP contribution in [0.2, 0.25) is 0 Å². The van der Waals surface area contributed by atoms with Gasteiger partial charge in [0.25, 0.3) is 5.56 Å². The Labute approximate surface area is 190 Å². The van der Waals surface area contributed by atoms with Crippen molar-refractivity contribution in [3.8, 4) is 5.69 Å². The third-order valence-corrected chi connectivity index (χ3v) is 5.31. The minimum atomic E-state index is -1.11. The molecule has 0 fully saturated rings. The lowest BCUT2D eigenvalue weighted by Gasteiger charge is -2.17. The zero-order valence-corrected chi connectivity index (χ0v) is 18.4. The Morgan fingerprint density at radius 1 is 1.00 bits per heavy atom. The summed E-state index contributed by atoms with van der Waals surface area (Å²) in [5, 5.41) is 14.3. The molecule has 1 unspecified atom stereocenters. The van der Waals surface area contributed by atoms with Gasteiger partial charge in [0.05, 0.1) is 17.8 Å². The number of aliphatic carboxylic acids is 1. The minimum absolute atomic E-state index is 0.0445. The van der Waals surface area contributed by atoms with Gasteiger partial charge in [-0.2, -0.15) is 0 Å². The lowest BCUT2D eigenvalue weighted by molar-refractivity contribution is -0.137. The molecule has 0 spiro atoms. The summed E-state index contributed by atoms with van der Waals surface area (Å²) in [6.45, 7) is 1.69. The van der Waals surface area contributed by atoms with Gasteiger partial charge in [0.1, 0.15) is 11.7 Å². The molecule has 1 heterocycles. The van der Waals surface area contributed by atoms with Crippen LogP contribution in [0.15, 0.2) is 65.5 Å². The maximum absolute atomic E-state index is 13.0. The number of carboxylic acid groups (broad SMARTS) is 1. The van der Waals surface area contributed by atoms with E-state index in [-0.39, 0.29) is 24.9 Å². The van der Waals surface area contributed by atoms with Crippen molar-refractivity contribution >= 4 is 23.5 Å². The molecule has 3 aromatic rings. The summed E-state index contributed by atoms with van der Waals surface area (Å²) in [4.78, 5) is 49.6. The summed E-state index contributed by atoms with van der Waals surface area (Å²) in [6.07, 6.45) is -0.380. The Morgan fingerprint density at radius 3 is 2.21 bits per heavy atom. The summed E-state index contributed by atoms with van der Waals surface area (Å²) < 4.78 is 3.04. The highest BCUT2D eigenvalue weighted by molar-refractivity contribution is 5.98. The summed E-state index contributed by atoms with van der Waals surface area (Å²) >= 11 is 0. The highest BCUT2D eigenvalue weighted by atomic mass is 16.4. The number of hydrogen-bond donors (Lipinski definition) is 3. The SMILES string of the molecule is Cc1c(NC(=O)C(CCC(=O)O)NC(=O)Cc2ccccc2)c(=O)n(-c2ccccc2)n1C. The van der Waals surface area contributed by atoms with Gasteiger partial charge in [-0.25, -0.2) is 4.68 Å². The number of rotatable bonds is 9. The second-order valence-corrected chi connectivity index (χ2v) is 7.64. The monoisotopic (exact) mass is 450 g/mol. The maximum Gasteiger partial charge on any atom is 0.303 e. The summed E-state index contributed by atoms with van der Waals surface area (Å²) in [5.41, 5.74) is 1.56. The number of carbonyl (C=O) groups is 3. The average Bonchev–Trinajstić information content (AvgIpc) is 3.00. The predicted molar refractivity (Wildman–Crippen MR) is 123 cm³/mol. The lowest BCUT2D eigenvalue weighted by atomic mass is 10.1. The van der Waals surface area contributed by atoms with Crippen LogP contribution in [-0.4, -0.2) is 38.3 Å². The van der Waals surface area contributed by atoms with E-state index >= 15 is 0 Å². The molecule has 2 aromatic carbocycles. The summed E-state index contributed by atoms with van der Waals surface area (Å²) in [5.74, 6) is -2.16. The zero-order chi connectivity index (χ0) is 24.0. The van der Waals surface area contributed by atoms with Gasteiger partial charge >= 0.3 is 5.97 Å². The van der Waals surface area contributed by atoms with Crippen LogP contribution in [0, 0.1) is 6.92 Å². The van der Waals surface area contributed by atoms with Crippen LogP contribution < -0.4 is 16.2 Å². The van der Waals surface area contributed by atoms with Crippen molar-refractivity contribution in [2.75, 3.05) is 5.32 Å². The van der Waals surface area contributed by atoms with Crippen molar-refractivity contribution in [2.24, 2.45) is 7.05 Å². The Balaban J connectivity index is 1.81. The number of carboxylic acids is 1. The van der Waals surface area contributed by atoms with Gasteiger partial charge < -0.3 is 15.7 Å². The molecule has 0 saturated carbocycles. The van der Waals surface area contributed by atoms with Crippen LogP contribution in [-0.2, 0) is 27.9 Å². The molecule has 172 valence electrons. The van der Waals surface area contributed by atoms with Crippen molar-refractivity contribution in [1.82, 2.24) is 14.7 Å². The van der Waals surface area contributed by atoms with E-state index < -0.39 is 29.4 Å². The quantitative estimate of drug-likeness (QED) is 0.460. The molecule has 3 rings (SSSR count). The van der Waals surface area contributed by atoms with Gasteiger partial charge in [0, 0.05) is 13.5 Å². The van der Waals surface area contributed by atoms with Gasteiger partial charge in [-0.3, -0.25) is 23.9 Å². The molecule has 9 heteroatoms. The van der Waals surface area contributed by atoms with Crippen LogP contribution in [0.4, 0.5) is 5.69 Å². The molecular weight excluding hydrogens is 424 g/mol. The number of para-hydroxylation sites is 1. The van der Waals surface area contributed by atoms with Crippen molar-refractivity contribution < 1.29 is 19.5 Å². The van der Waals surface area contributed by atoms with Crippen LogP contribution in [0.1, 0.15) is 24.1 Å². The van der Waals surface area contributed by atoms with Crippen LogP contribution in [0.3, 0.4) is 0 Å². The first kappa shape index (κ1) is 23.5. The molecule has 0 aliphatic heterocycles. The Kier molecular flexibility index (Phi) is 7.45. The topological polar surface area (TPSA) is 122 Å². The highest BCUT2D eigenvalue weighted by Crippen LogP contribution is 2.15. The van der Waals surface area contributed by atoms with E-state index in [1.165, 1.54) is 4.68 Å². The molecule has 1 atom stereocenters. The van der Waals surface area contributed by atoms with Crippen molar-refractivity contribution in [3.63, 3.8) is 0 Å². The van der Waals surface area contributed by atoms with Gasteiger partial charge in [-0.15, -0.1) is 0 Å². The molecule has 1 aromatic heterocycles. The Bertz CT molecular complexity index is 1200. The Morgan fingerprint density at radius 2 is 1.61 bits per heavy atom. The standard InChI is InChI=1S/C24H26N4O5/c1-16-22(24(33)28(27(16)2)18-11-7-4-8-12-18)26-23(32)19(13-14-21(30)31)25-20(29)15-17-9-5-3-6-10-17/h3-12,19H,13-15H2,1-2H3,(H,25,29)(H,26,32)(H,30,31). The fourth-order valence-corrected chi connectivity index (χ4v) is 3.49. The van der Waals surface area contributed by atoms with E-state index in [4.69, 9.17) is 5.11 Å². The third-order valence-electron chi connectivity index (χ3n) is 5.31. The first-order chi connectivity index (χ1) is 15.8. The first-order valence-electron chi connectivity index (χ1n) is 10.5.